The smallest absolute Gasteiger partial charge is 0.116 e. The summed E-state index contributed by atoms with van der Waals surface area (Å²) in [5.41, 5.74) is 5.56. The van der Waals surface area contributed by atoms with E-state index in [2.05, 4.69) is 50.5 Å². The van der Waals surface area contributed by atoms with Gasteiger partial charge in [-0.3, -0.25) is 0 Å². The maximum Gasteiger partial charge on any atom is 0.116 e. The first-order valence-corrected chi connectivity index (χ1v) is 6.95. The second-order valence-corrected chi connectivity index (χ2v) is 5.29. The number of nitrogens with zero attached hydrogens (tertiary/aromatic N) is 1. The molecule has 3 nitrogen and oxygen atoms in total. The quantitative estimate of drug-likeness (QED) is 0.612. The number of hydrogen-bond acceptors (Lipinski definition) is 3. The van der Waals surface area contributed by atoms with Gasteiger partial charge in [-0.15, -0.1) is 0 Å². The Hall–Kier alpha value is -2.16. The summed E-state index contributed by atoms with van der Waals surface area (Å²) in [7, 11) is 3.60. The van der Waals surface area contributed by atoms with Gasteiger partial charge in [-0.1, -0.05) is 30.9 Å². The van der Waals surface area contributed by atoms with Crippen molar-refractivity contribution in [2.24, 2.45) is 0 Å². The Bertz CT molecular complexity index is 585. The number of benzene rings is 1. The summed E-state index contributed by atoms with van der Waals surface area (Å²) in [6.45, 7) is 16.2. The summed E-state index contributed by atoms with van der Waals surface area (Å²) >= 11 is 0. The fourth-order valence-corrected chi connectivity index (χ4v) is 2.00. The summed E-state index contributed by atoms with van der Waals surface area (Å²) < 4.78 is 5.18. The third-order valence-corrected chi connectivity index (χ3v) is 3.78. The standard InChI is InChI=1S/C18H26N2O/c1-12-9-10-18(13(2)11-12)19-17(6)20(7)15(4)14(3)16(5)21-8/h9-11,19H,5-6H2,1-4,7-8H3/b15-14-. The minimum Gasteiger partial charge on any atom is -0.497 e. The molecule has 0 amide bonds. The normalized spacial score (nSPS) is 11.5. The van der Waals surface area contributed by atoms with E-state index in [1.807, 2.05) is 25.8 Å². The van der Waals surface area contributed by atoms with E-state index in [1.54, 1.807) is 7.11 Å². The first kappa shape index (κ1) is 16.9. The van der Waals surface area contributed by atoms with Crippen molar-refractivity contribution in [1.82, 2.24) is 4.90 Å². The molecule has 0 bridgehead atoms. The number of methoxy groups -OCH3 is 1. The highest BCUT2D eigenvalue weighted by Gasteiger charge is 2.10. The lowest BCUT2D eigenvalue weighted by Gasteiger charge is -2.26. The van der Waals surface area contributed by atoms with Crippen LogP contribution in [-0.4, -0.2) is 19.1 Å². The number of hydrogen-bond donors (Lipinski definition) is 1. The van der Waals surface area contributed by atoms with Gasteiger partial charge in [0.25, 0.3) is 0 Å². The molecule has 0 aromatic heterocycles. The molecule has 3 heteroatoms. The fourth-order valence-electron chi connectivity index (χ4n) is 2.00. The van der Waals surface area contributed by atoms with Crippen molar-refractivity contribution < 1.29 is 4.74 Å². The Labute approximate surface area is 128 Å². The Balaban J connectivity index is 2.91. The van der Waals surface area contributed by atoms with E-state index in [1.165, 1.54) is 11.1 Å². The minimum absolute atomic E-state index is 0.665. The van der Waals surface area contributed by atoms with Crippen LogP contribution >= 0.6 is 0 Å². The molecule has 21 heavy (non-hydrogen) atoms. The molecular formula is C18H26N2O. The van der Waals surface area contributed by atoms with Crippen LogP contribution in [0, 0.1) is 13.8 Å². The molecule has 114 valence electrons. The number of rotatable bonds is 6. The van der Waals surface area contributed by atoms with Gasteiger partial charge in [0.1, 0.15) is 11.6 Å². The van der Waals surface area contributed by atoms with Crippen LogP contribution in [0.15, 0.2) is 54.2 Å². The maximum absolute atomic E-state index is 5.18. The zero-order valence-corrected chi connectivity index (χ0v) is 14.0. The molecule has 0 saturated carbocycles. The van der Waals surface area contributed by atoms with Crippen LogP contribution in [0.2, 0.25) is 0 Å². The number of anilines is 1. The molecule has 0 saturated heterocycles. The Morgan fingerprint density at radius 2 is 1.81 bits per heavy atom. The molecule has 0 unspecified atom stereocenters. The molecule has 1 N–H and O–H groups in total. The minimum atomic E-state index is 0.665. The van der Waals surface area contributed by atoms with E-state index in [0.717, 1.165) is 22.8 Å². The van der Waals surface area contributed by atoms with Crippen LogP contribution in [0.1, 0.15) is 25.0 Å². The van der Waals surface area contributed by atoms with E-state index < -0.39 is 0 Å². The second kappa shape index (κ2) is 7.02. The summed E-state index contributed by atoms with van der Waals surface area (Å²) in [6, 6.07) is 6.31. The van der Waals surface area contributed by atoms with Crippen LogP contribution in [-0.2, 0) is 4.74 Å². The number of ether oxygens (including phenoxy) is 1. The van der Waals surface area contributed by atoms with E-state index in [9.17, 15) is 0 Å². The highest BCUT2D eigenvalue weighted by Crippen LogP contribution is 2.22. The van der Waals surface area contributed by atoms with Crippen molar-refractivity contribution in [2.75, 3.05) is 19.5 Å². The van der Waals surface area contributed by atoms with Crippen LogP contribution in [0.25, 0.3) is 0 Å². The van der Waals surface area contributed by atoms with Crippen molar-refractivity contribution in [2.45, 2.75) is 27.7 Å². The van der Waals surface area contributed by atoms with E-state index in [-0.39, 0.29) is 0 Å². The van der Waals surface area contributed by atoms with Gasteiger partial charge in [0.2, 0.25) is 0 Å². The monoisotopic (exact) mass is 286 g/mol. The molecule has 1 aromatic rings. The van der Waals surface area contributed by atoms with Crippen molar-refractivity contribution in [3.63, 3.8) is 0 Å². The molecule has 1 aromatic carbocycles. The molecule has 0 radical (unpaired) electrons. The third-order valence-electron chi connectivity index (χ3n) is 3.78. The van der Waals surface area contributed by atoms with Crippen LogP contribution < -0.4 is 5.32 Å². The van der Waals surface area contributed by atoms with Gasteiger partial charge in [0.05, 0.1) is 7.11 Å². The van der Waals surface area contributed by atoms with Crippen LogP contribution in [0.3, 0.4) is 0 Å². The number of aryl methyl sites for hydroxylation is 2. The van der Waals surface area contributed by atoms with Gasteiger partial charge >= 0.3 is 0 Å². The van der Waals surface area contributed by atoms with E-state index in [0.29, 0.717) is 5.76 Å². The zero-order valence-electron chi connectivity index (χ0n) is 14.0. The summed E-state index contributed by atoms with van der Waals surface area (Å²) in [6.07, 6.45) is 0. The third kappa shape index (κ3) is 4.15. The van der Waals surface area contributed by atoms with Gasteiger partial charge in [-0.25, -0.2) is 0 Å². The largest absolute Gasteiger partial charge is 0.497 e. The van der Waals surface area contributed by atoms with Crippen LogP contribution in [0.5, 0.6) is 0 Å². The fraction of sp³-hybridized carbons (Fsp3) is 0.333. The van der Waals surface area contributed by atoms with Gasteiger partial charge in [0.15, 0.2) is 0 Å². The Morgan fingerprint density at radius 3 is 2.33 bits per heavy atom. The predicted octanol–water partition coefficient (Wildman–Crippen LogP) is 4.57. The van der Waals surface area contributed by atoms with Gasteiger partial charge in [-0.05, 0) is 39.3 Å². The first-order valence-electron chi connectivity index (χ1n) is 6.95. The van der Waals surface area contributed by atoms with Crippen molar-refractivity contribution in [1.29, 1.82) is 0 Å². The van der Waals surface area contributed by atoms with Crippen molar-refractivity contribution in [3.05, 3.63) is 65.3 Å². The molecule has 0 aliphatic carbocycles. The molecule has 0 aliphatic heterocycles. The summed E-state index contributed by atoms with van der Waals surface area (Å²) in [4.78, 5) is 2.00. The lowest BCUT2D eigenvalue weighted by molar-refractivity contribution is 0.300. The van der Waals surface area contributed by atoms with Gasteiger partial charge in [0, 0.05) is 24.0 Å². The first-order chi connectivity index (χ1) is 9.77. The van der Waals surface area contributed by atoms with E-state index in [4.69, 9.17) is 4.74 Å². The highest BCUT2D eigenvalue weighted by atomic mass is 16.5. The molecule has 0 fully saturated rings. The van der Waals surface area contributed by atoms with Gasteiger partial charge in [-0.2, -0.15) is 0 Å². The SMILES string of the molecule is C=C(OC)/C(C)=C(/C)N(C)C(=C)Nc1ccc(C)cc1C. The average molecular weight is 286 g/mol. The van der Waals surface area contributed by atoms with Crippen molar-refractivity contribution >= 4 is 5.69 Å². The lowest BCUT2D eigenvalue weighted by atomic mass is 10.1. The number of nitrogens with one attached hydrogen (secondary N) is 1. The molecule has 0 aliphatic rings. The summed E-state index contributed by atoms with van der Waals surface area (Å²) in [5, 5.41) is 3.36. The second-order valence-electron chi connectivity index (χ2n) is 5.29. The molecule has 0 heterocycles. The Morgan fingerprint density at radius 1 is 1.19 bits per heavy atom. The number of allylic oxidation sites excluding steroid dienone is 2. The predicted molar refractivity (Wildman–Crippen MR) is 91.0 cm³/mol. The zero-order chi connectivity index (χ0) is 16.2. The maximum atomic E-state index is 5.18. The topological polar surface area (TPSA) is 24.5 Å². The molecule has 0 spiro atoms. The highest BCUT2D eigenvalue weighted by molar-refractivity contribution is 5.55. The van der Waals surface area contributed by atoms with Gasteiger partial charge < -0.3 is 15.0 Å². The van der Waals surface area contributed by atoms with Crippen molar-refractivity contribution in [3.8, 4) is 0 Å². The average Bonchev–Trinajstić information content (AvgIpc) is 2.46. The van der Waals surface area contributed by atoms with E-state index >= 15 is 0 Å². The lowest BCUT2D eigenvalue weighted by Crippen LogP contribution is -2.22. The molecular weight excluding hydrogens is 260 g/mol. The molecule has 0 atom stereocenters. The summed E-state index contributed by atoms with van der Waals surface area (Å²) in [5.74, 6) is 1.47. The molecule has 1 rings (SSSR count). The van der Waals surface area contributed by atoms with Crippen LogP contribution in [0.4, 0.5) is 5.69 Å². The Kier molecular flexibility index (Phi) is 5.65.